The molecule has 3 rings (SSSR count). The Bertz CT molecular complexity index is 1020. The van der Waals surface area contributed by atoms with Gasteiger partial charge in [0.1, 0.15) is 0 Å². The standard InChI is InChI=1S/C24H24N2O8/c27-23(17-7-3-1-4-8-17)33-13-11-19-15-22(26(31)32)20(16-21(19)25(29)30)12-14-34-24(28)18-9-5-2-6-10-18/h1-10,15-16,25-26,29,31H,11-14H2. The van der Waals surface area contributed by atoms with E-state index in [2.05, 4.69) is 0 Å². The number of benzene rings is 3. The molecule has 3 aromatic carbocycles. The molecule has 0 heterocycles. The fourth-order valence-electron chi connectivity index (χ4n) is 3.32. The Morgan fingerprint density at radius 1 is 0.676 bits per heavy atom. The molecule has 0 aliphatic heterocycles. The van der Waals surface area contributed by atoms with Crippen molar-refractivity contribution in [3.63, 3.8) is 0 Å². The second kappa shape index (κ2) is 12.0. The highest BCUT2D eigenvalue weighted by atomic mass is 16.8. The highest BCUT2D eigenvalue weighted by Crippen LogP contribution is 2.22. The summed E-state index contributed by atoms with van der Waals surface area (Å²) in [6.45, 7) is -0.248. The van der Waals surface area contributed by atoms with E-state index >= 15 is 0 Å². The van der Waals surface area contributed by atoms with Crippen molar-refractivity contribution in [1.82, 2.24) is 0 Å². The number of nitrogens with one attached hydrogen (secondary N) is 2. The molecule has 2 unspecified atom stereocenters. The summed E-state index contributed by atoms with van der Waals surface area (Å²) in [6.07, 6.45) is 0.0352. The van der Waals surface area contributed by atoms with Crippen LogP contribution < -0.4 is 10.5 Å². The molecule has 4 N–H and O–H groups in total. The van der Waals surface area contributed by atoms with E-state index in [1.807, 2.05) is 0 Å². The first-order valence-electron chi connectivity index (χ1n) is 10.4. The average molecular weight is 468 g/mol. The Morgan fingerprint density at radius 3 is 1.35 bits per heavy atom. The van der Waals surface area contributed by atoms with E-state index in [9.17, 15) is 30.4 Å². The van der Waals surface area contributed by atoms with Gasteiger partial charge in [-0.1, -0.05) is 36.4 Å². The van der Waals surface area contributed by atoms with Gasteiger partial charge in [0.15, 0.2) is 11.4 Å². The van der Waals surface area contributed by atoms with E-state index in [0.717, 1.165) is 0 Å². The molecule has 10 nitrogen and oxygen atoms in total. The van der Waals surface area contributed by atoms with Gasteiger partial charge in [-0.25, -0.2) is 20.0 Å². The van der Waals surface area contributed by atoms with Gasteiger partial charge in [-0.2, -0.15) is 10.5 Å². The molecule has 0 amide bonds. The Hall–Kier alpha value is -3.64. The molecule has 0 bridgehead atoms. The van der Waals surface area contributed by atoms with Crippen molar-refractivity contribution in [2.45, 2.75) is 12.8 Å². The molecular weight excluding hydrogens is 444 g/mol. The number of rotatable bonds is 10. The lowest BCUT2D eigenvalue weighted by Crippen LogP contribution is -3.00. The van der Waals surface area contributed by atoms with Gasteiger partial charge in [-0.05, 0) is 24.3 Å². The van der Waals surface area contributed by atoms with Crippen molar-refractivity contribution >= 4 is 23.3 Å². The largest absolute Gasteiger partial charge is 0.595 e. The average Bonchev–Trinajstić information content (AvgIpc) is 2.85. The van der Waals surface area contributed by atoms with E-state index in [0.29, 0.717) is 11.1 Å². The van der Waals surface area contributed by atoms with E-state index in [1.165, 1.54) is 12.1 Å². The quantitative estimate of drug-likeness (QED) is 0.257. The zero-order chi connectivity index (χ0) is 24.5. The number of quaternary nitrogens is 2. The first-order valence-corrected chi connectivity index (χ1v) is 10.4. The number of esters is 2. The summed E-state index contributed by atoms with van der Waals surface area (Å²) in [6, 6.07) is 19.2. The number of hydrogen-bond donors (Lipinski definition) is 4. The van der Waals surface area contributed by atoms with Crippen molar-refractivity contribution in [2.75, 3.05) is 13.2 Å². The maximum absolute atomic E-state index is 12.1. The van der Waals surface area contributed by atoms with Crippen molar-refractivity contribution in [2.24, 2.45) is 0 Å². The molecule has 34 heavy (non-hydrogen) atoms. The number of ether oxygens (including phenoxy) is 2. The van der Waals surface area contributed by atoms with Crippen LogP contribution in [-0.4, -0.2) is 35.6 Å². The highest BCUT2D eigenvalue weighted by Gasteiger charge is 2.20. The predicted molar refractivity (Wildman–Crippen MR) is 119 cm³/mol. The van der Waals surface area contributed by atoms with E-state index < -0.39 is 22.4 Å². The van der Waals surface area contributed by atoms with Crippen molar-refractivity contribution < 1.29 is 39.9 Å². The Labute approximate surface area is 195 Å². The molecular formula is C24H24N2O8. The fourth-order valence-corrected chi connectivity index (χ4v) is 3.32. The van der Waals surface area contributed by atoms with Gasteiger partial charge in [-0.3, -0.25) is 0 Å². The molecule has 10 heteroatoms. The third-order valence-corrected chi connectivity index (χ3v) is 5.02. The zero-order valence-corrected chi connectivity index (χ0v) is 18.1. The molecule has 0 saturated heterocycles. The number of carbonyl (C=O) groups excluding carboxylic acids is 2. The summed E-state index contributed by atoms with van der Waals surface area (Å²) in [5.74, 6) is -1.12. The molecule has 3 aromatic rings. The van der Waals surface area contributed by atoms with Gasteiger partial charge >= 0.3 is 11.9 Å². The molecule has 0 aliphatic carbocycles. The van der Waals surface area contributed by atoms with Crippen LogP contribution in [0.25, 0.3) is 0 Å². The second-order valence-electron chi connectivity index (χ2n) is 7.28. The van der Waals surface area contributed by atoms with Gasteiger partial charge in [0.2, 0.25) is 0 Å². The molecule has 0 fully saturated rings. The van der Waals surface area contributed by atoms with Crippen molar-refractivity contribution in [3.05, 3.63) is 105 Å². The summed E-state index contributed by atoms with van der Waals surface area (Å²) in [4.78, 5) is 24.2. The lowest BCUT2D eigenvalue weighted by molar-refractivity contribution is -0.993. The Morgan fingerprint density at radius 2 is 1.03 bits per heavy atom. The number of carbonyl (C=O) groups is 2. The van der Waals surface area contributed by atoms with Crippen LogP contribution in [0.3, 0.4) is 0 Å². The van der Waals surface area contributed by atoms with Crippen LogP contribution in [0.1, 0.15) is 31.8 Å². The van der Waals surface area contributed by atoms with Crippen LogP contribution >= 0.6 is 0 Å². The van der Waals surface area contributed by atoms with E-state index in [1.54, 1.807) is 60.7 Å². The summed E-state index contributed by atoms with van der Waals surface area (Å²) in [5, 5.41) is 40.4. The van der Waals surface area contributed by atoms with Gasteiger partial charge in [-0.15, -0.1) is 0 Å². The van der Waals surface area contributed by atoms with Gasteiger partial charge in [0.05, 0.1) is 24.3 Å². The molecule has 0 spiro atoms. The Kier molecular flexibility index (Phi) is 8.82. The van der Waals surface area contributed by atoms with Crippen molar-refractivity contribution in [3.8, 4) is 0 Å². The van der Waals surface area contributed by atoms with Crippen LogP contribution in [0.5, 0.6) is 0 Å². The summed E-state index contributed by atoms with van der Waals surface area (Å²) < 4.78 is 10.4. The van der Waals surface area contributed by atoms with Crippen LogP contribution in [0.15, 0.2) is 72.8 Å². The third kappa shape index (κ3) is 6.68. The first-order chi connectivity index (χ1) is 16.4. The van der Waals surface area contributed by atoms with E-state index in [-0.39, 0.29) is 48.6 Å². The predicted octanol–water partition coefficient (Wildman–Crippen LogP) is 1.29. The fraction of sp³-hybridized carbons (Fsp3) is 0.167. The summed E-state index contributed by atoms with van der Waals surface area (Å²) >= 11 is 0. The van der Waals surface area contributed by atoms with Gasteiger partial charge in [0, 0.05) is 36.1 Å². The molecule has 0 aromatic heterocycles. The van der Waals surface area contributed by atoms with Crippen LogP contribution in [0, 0.1) is 10.4 Å². The molecule has 178 valence electrons. The van der Waals surface area contributed by atoms with Gasteiger partial charge < -0.3 is 19.9 Å². The minimum Gasteiger partial charge on any atom is -0.595 e. The molecule has 2 atom stereocenters. The monoisotopic (exact) mass is 468 g/mol. The van der Waals surface area contributed by atoms with Gasteiger partial charge in [0.25, 0.3) is 0 Å². The summed E-state index contributed by atoms with van der Waals surface area (Å²) in [7, 11) is 0. The third-order valence-electron chi connectivity index (χ3n) is 5.02. The molecule has 0 saturated carbocycles. The van der Waals surface area contributed by atoms with Crippen LogP contribution in [0.4, 0.5) is 11.4 Å². The highest BCUT2D eigenvalue weighted by molar-refractivity contribution is 5.89. The van der Waals surface area contributed by atoms with Crippen molar-refractivity contribution in [1.29, 1.82) is 0 Å². The second-order valence-corrected chi connectivity index (χ2v) is 7.28. The SMILES string of the molecule is O=C(OCCc1cc([NH+]([O-])O)c(CCOC(=O)c2ccccc2)cc1[NH+]([O-])O)c1ccccc1. The van der Waals surface area contributed by atoms with Crippen LogP contribution in [0.2, 0.25) is 0 Å². The molecule has 0 aliphatic rings. The topological polar surface area (TPSA) is 148 Å². The minimum absolute atomic E-state index is 0.0176. The van der Waals surface area contributed by atoms with E-state index in [4.69, 9.17) is 9.47 Å². The van der Waals surface area contributed by atoms with Crippen LogP contribution in [-0.2, 0) is 22.3 Å². The normalized spacial score (nSPS) is 12.6. The lowest BCUT2D eigenvalue weighted by Gasteiger charge is -2.21. The maximum atomic E-state index is 12.1. The Balaban J connectivity index is 1.69. The first kappa shape index (κ1) is 25.0. The number of hydrogen-bond acceptors (Lipinski definition) is 8. The smallest absolute Gasteiger partial charge is 0.338 e. The maximum Gasteiger partial charge on any atom is 0.338 e. The zero-order valence-electron chi connectivity index (χ0n) is 18.1. The minimum atomic E-state index is -1.25. The molecule has 0 radical (unpaired) electrons. The lowest BCUT2D eigenvalue weighted by atomic mass is 10.0. The summed E-state index contributed by atoms with van der Waals surface area (Å²) in [5.41, 5.74) is 0.932.